The van der Waals surface area contributed by atoms with Crippen molar-refractivity contribution in [2.75, 3.05) is 36.0 Å². The van der Waals surface area contributed by atoms with Gasteiger partial charge in [0.25, 0.3) is 0 Å². The zero-order valence-corrected chi connectivity index (χ0v) is 51.1. The predicted octanol–water partition coefficient (Wildman–Crippen LogP) is 15.6. The molecule has 0 aliphatic carbocycles. The van der Waals surface area contributed by atoms with Crippen LogP contribution in [-0.2, 0) is 48.8 Å². The van der Waals surface area contributed by atoms with Crippen LogP contribution in [0.3, 0.4) is 0 Å². The summed E-state index contributed by atoms with van der Waals surface area (Å²) in [5, 5.41) is 3.27. The number of likely N-dealkylation sites (tertiary alicyclic amines) is 1. The van der Waals surface area contributed by atoms with E-state index in [1.165, 1.54) is 0 Å². The number of anilines is 2. The molecule has 0 N–H and O–H groups in total. The molecule has 0 radical (unpaired) electrons. The van der Waals surface area contributed by atoms with Crippen molar-refractivity contribution < 1.29 is 77.6 Å². The van der Waals surface area contributed by atoms with Gasteiger partial charge in [-0.05, 0) is 189 Å². The van der Waals surface area contributed by atoms with Crippen LogP contribution in [0.2, 0.25) is 0 Å². The number of ether oxygens (including phenoxy) is 6. The zero-order valence-electron chi connectivity index (χ0n) is 49.5. The van der Waals surface area contributed by atoms with Gasteiger partial charge in [-0.1, -0.05) is 66.7 Å². The molecule has 2 aliphatic rings. The second kappa shape index (κ2) is 25.7. The average molecular weight is 1170 g/mol. The number of fused-ring (bicyclic) bond motifs is 2. The minimum absolute atomic E-state index is 0. The number of imide groups is 2. The minimum Gasteiger partial charge on any atom is -0.444 e. The normalized spacial score (nSPS) is 14.5. The molecular weight excluding hydrogens is 1090 g/mol. The Morgan fingerprint density at radius 1 is 0.436 bits per heavy atom. The molecule has 16 nitrogen and oxygen atoms in total. The number of carbonyl (C=O) groups excluding carboxylic acids is 6. The maximum atomic E-state index is 13.3. The van der Waals surface area contributed by atoms with Gasteiger partial charge in [0.05, 0.1) is 11.4 Å². The van der Waals surface area contributed by atoms with Gasteiger partial charge in [0, 0.05) is 57.4 Å². The quantitative estimate of drug-likeness (QED) is 0.108. The van der Waals surface area contributed by atoms with Gasteiger partial charge in [0.2, 0.25) is 0 Å². The molecule has 1 fully saturated rings. The number of hydrogen-bond acceptors (Lipinski definition) is 12. The number of carbonyl (C=O) groups is 6. The maximum absolute atomic E-state index is 13.3. The largest absolute Gasteiger partial charge is 0.444 e. The fourth-order valence-corrected chi connectivity index (χ4v) is 8.49. The molecule has 2 aliphatic heterocycles. The molecule has 1 saturated heterocycles. The van der Waals surface area contributed by atoms with Crippen molar-refractivity contribution in [1.29, 1.82) is 0 Å². The molecule has 4 aromatic carbocycles. The van der Waals surface area contributed by atoms with Gasteiger partial charge >= 0.3 is 36.6 Å². The summed E-state index contributed by atoms with van der Waals surface area (Å²) in [5.41, 5.74) is -0.352. The summed E-state index contributed by atoms with van der Waals surface area (Å²) in [6.45, 7) is 34.3. The van der Waals surface area contributed by atoms with Crippen molar-refractivity contribution in [3.63, 3.8) is 0 Å². The van der Waals surface area contributed by atoms with Crippen LogP contribution in [0.4, 0.5) is 40.1 Å². The summed E-state index contributed by atoms with van der Waals surface area (Å²) >= 11 is 0. The Bertz CT molecular complexity index is 2760. The van der Waals surface area contributed by atoms with Gasteiger partial charge in [0.15, 0.2) is 0 Å². The van der Waals surface area contributed by atoms with Crippen LogP contribution in [0.15, 0.2) is 78.9 Å². The van der Waals surface area contributed by atoms with Gasteiger partial charge in [-0.2, -0.15) is 9.80 Å². The second-order valence-electron chi connectivity index (χ2n) is 25.1. The summed E-state index contributed by atoms with van der Waals surface area (Å²) in [5.74, 6) is 0.212. The van der Waals surface area contributed by atoms with Crippen LogP contribution in [-0.4, -0.2) is 106 Å². The molecular formula is C61H85N4O12Pd-. The molecule has 2 heterocycles. The third kappa shape index (κ3) is 19.0. The van der Waals surface area contributed by atoms with E-state index in [1.807, 2.05) is 108 Å². The molecule has 0 saturated carbocycles. The van der Waals surface area contributed by atoms with E-state index in [9.17, 15) is 28.8 Å². The number of amides is 6. The number of nitrogens with zero attached hydrogens (tertiary/aromatic N) is 4. The number of hydrogen-bond donors (Lipinski definition) is 0. The van der Waals surface area contributed by atoms with Crippen LogP contribution in [0.1, 0.15) is 161 Å². The molecule has 17 heteroatoms. The monoisotopic (exact) mass is 1170 g/mol. The third-order valence-electron chi connectivity index (χ3n) is 11.4. The Kier molecular flexibility index (Phi) is 21.8. The van der Waals surface area contributed by atoms with E-state index < -0.39 is 58.0 Å². The Labute approximate surface area is 477 Å². The van der Waals surface area contributed by atoms with Crippen LogP contribution in [0.25, 0.3) is 27.1 Å². The van der Waals surface area contributed by atoms with Crippen molar-refractivity contribution in [3.05, 3.63) is 97.4 Å². The molecule has 0 bridgehead atoms. The Morgan fingerprint density at radius 2 is 0.782 bits per heavy atom. The first-order chi connectivity index (χ1) is 34.9. The van der Waals surface area contributed by atoms with E-state index in [1.54, 1.807) is 105 Å². The third-order valence-corrected chi connectivity index (χ3v) is 11.4. The van der Waals surface area contributed by atoms with E-state index in [4.69, 9.17) is 28.4 Å². The molecule has 0 aromatic heterocycles. The van der Waals surface area contributed by atoms with E-state index in [0.29, 0.717) is 49.4 Å². The van der Waals surface area contributed by atoms with Crippen molar-refractivity contribution >= 4 is 75.1 Å². The van der Waals surface area contributed by atoms with Gasteiger partial charge in [-0.25, -0.2) is 28.8 Å². The van der Waals surface area contributed by atoms with Crippen molar-refractivity contribution in [2.45, 2.75) is 183 Å². The van der Waals surface area contributed by atoms with Crippen molar-refractivity contribution in [3.8, 4) is 0 Å². The Morgan fingerprint density at radius 3 is 1.15 bits per heavy atom. The van der Waals surface area contributed by atoms with Gasteiger partial charge in [0.1, 0.15) is 33.6 Å². The fourth-order valence-electron chi connectivity index (χ4n) is 8.49. The maximum Gasteiger partial charge on any atom is 0.424 e. The van der Waals surface area contributed by atoms with E-state index in [-0.39, 0.29) is 46.0 Å². The Hall–Kier alpha value is -6.18. The number of benzene rings is 4. The summed E-state index contributed by atoms with van der Waals surface area (Å²) in [6, 6.07) is 22.7. The van der Waals surface area contributed by atoms with Gasteiger partial charge < -0.3 is 45.6 Å². The topological polar surface area (TPSA) is 171 Å². The average Bonchev–Trinajstić information content (AvgIpc) is 3.26. The molecule has 4 aromatic rings. The van der Waals surface area contributed by atoms with Gasteiger partial charge in [-0.3, -0.25) is 0 Å². The summed E-state index contributed by atoms with van der Waals surface area (Å²) in [4.78, 5) is 83.4. The van der Waals surface area contributed by atoms with E-state index in [0.717, 1.165) is 55.5 Å². The molecule has 6 rings (SSSR count). The predicted molar refractivity (Wildman–Crippen MR) is 304 cm³/mol. The van der Waals surface area contributed by atoms with E-state index >= 15 is 0 Å². The smallest absolute Gasteiger partial charge is 0.424 e. The molecule has 0 atom stereocenters. The molecule has 78 heavy (non-hydrogen) atoms. The molecule has 432 valence electrons. The number of piperidine rings is 1. The SMILES string of the molecule is CC(C)(C)OC(=O)N1CC=C(c2ccc(N(C(=O)OC(C)(C)C)C(=O)OC(C)(C)C)c3ccccc23)CC1.CC(C)(C)OC(=O)N1CCC(c2ccc(N(C(=O)OC(C)(C)C)C(=O)OC(C)(C)C)c3ccccc23)CC1.[CH3-].[Pd]. The first kappa shape index (κ1) is 66.1. The summed E-state index contributed by atoms with van der Waals surface area (Å²) in [6.07, 6.45) is 0.391. The second-order valence-corrected chi connectivity index (χ2v) is 25.1. The van der Waals surface area contributed by atoms with Crippen molar-refractivity contribution in [2.24, 2.45) is 0 Å². The van der Waals surface area contributed by atoms with Crippen LogP contribution < -0.4 is 9.80 Å². The number of rotatable bonds is 4. The van der Waals surface area contributed by atoms with Crippen LogP contribution in [0.5, 0.6) is 0 Å². The standard InChI is InChI=1S/C30H42N2O6.C30H40N2O6.CH3.Pd/c2*1-28(2,3)36-25(33)31-18-16-20(17-19-31)21-14-15-24(23-13-11-10-12-22(21)23)32(26(34)37-29(4,5)6)27(35)38-30(7,8)9;;/h10-15,20H,16-19H2,1-9H3;10-16H,17-19H2,1-9H3;1H3;/q;;-1;. The van der Waals surface area contributed by atoms with Crippen LogP contribution in [0, 0.1) is 7.43 Å². The Balaban J connectivity index is 0.000000400. The first-order valence-corrected chi connectivity index (χ1v) is 26.1. The summed E-state index contributed by atoms with van der Waals surface area (Å²) in [7, 11) is 0. The first-order valence-electron chi connectivity index (χ1n) is 26.1. The molecule has 0 spiro atoms. The van der Waals surface area contributed by atoms with Gasteiger partial charge in [-0.15, -0.1) is 0 Å². The zero-order chi connectivity index (χ0) is 56.9. The molecule has 6 amide bonds. The minimum atomic E-state index is -0.811. The fraction of sp³-hybridized carbons (Fsp3) is 0.525. The van der Waals surface area contributed by atoms with E-state index in [2.05, 4.69) is 0 Å². The van der Waals surface area contributed by atoms with Crippen molar-refractivity contribution in [1.82, 2.24) is 9.80 Å². The molecule has 0 unspecified atom stereocenters. The summed E-state index contributed by atoms with van der Waals surface area (Å²) < 4.78 is 33.4. The van der Waals surface area contributed by atoms with Crippen LogP contribution >= 0.6 is 0 Å².